The molecule has 2 heterocycles. The molecule has 0 saturated carbocycles. The zero-order valence-electron chi connectivity index (χ0n) is 23.7. The van der Waals surface area contributed by atoms with Crippen LogP contribution in [0.1, 0.15) is 41.4 Å². The maximum absolute atomic E-state index is 13.8. The minimum Gasteiger partial charge on any atom is -0.504 e. The second-order valence-corrected chi connectivity index (χ2v) is 12.7. The Kier molecular flexibility index (Phi) is 8.24. The van der Waals surface area contributed by atoms with E-state index >= 15 is 0 Å². The summed E-state index contributed by atoms with van der Waals surface area (Å²) in [4.78, 5) is 68.1. The molecule has 2 saturated heterocycles. The molecular formula is C31H30N4O8S. The van der Waals surface area contributed by atoms with E-state index < -0.39 is 69.5 Å². The van der Waals surface area contributed by atoms with Gasteiger partial charge in [-0.05, 0) is 43.2 Å². The summed E-state index contributed by atoms with van der Waals surface area (Å²) in [5.74, 6) is -4.20. The van der Waals surface area contributed by atoms with Crippen LogP contribution in [0.5, 0.6) is 11.5 Å². The lowest BCUT2D eigenvalue weighted by atomic mass is 9.95. The van der Waals surface area contributed by atoms with Gasteiger partial charge in [0.05, 0.1) is 6.54 Å². The Morgan fingerprint density at radius 1 is 0.955 bits per heavy atom. The van der Waals surface area contributed by atoms with Gasteiger partial charge >= 0.3 is 12.0 Å². The minimum absolute atomic E-state index is 0.0823. The molecule has 0 aromatic heterocycles. The number of nitrogens with one attached hydrogen (secondary N) is 2. The topological polar surface area (TPSA) is 177 Å². The maximum atomic E-state index is 13.8. The summed E-state index contributed by atoms with van der Waals surface area (Å²) >= 11 is 1.27. The van der Waals surface area contributed by atoms with Crippen LogP contribution in [0.2, 0.25) is 0 Å². The van der Waals surface area contributed by atoms with Crippen molar-refractivity contribution < 1.29 is 39.3 Å². The summed E-state index contributed by atoms with van der Waals surface area (Å²) in [6, 6.07) is 16.0. The molecule has 0 radical (unpaired) electrons. The lowest BCUT2D eigenvalue weighted by molar-refractivity contribution is -0.161. The van der Waals surface area contributed by atoms with Crippen molar-refractivity contribution in [3.05, 3.63) is 95.6 Å². The Morgan fingerprint density at radius 2 is 1.59 bits per heavy atom. The van der Waals surface area contributed by atoms with Gasteiger partial charge in [-0.2, -0.15) is 0 Å². The number of thioether (sulfide) groups is 1. The van der Waals surface area contributed by atoms with Crippen LogP contribution < -0.4 is 10.6 Å². The number of phenolic OH excluding ortho intramolecular Hbond substituents is 2. The highest BCUT2D eigenvalue weighted by Gasteiger charge is 2.64. The van der Waals surface area contributed by atoms with Crippen molar-refractivity contribution in [2.24, 2.45) is 0 Å². The van der Waals surface area contributed by atoms with Gasteiger partial charge in [0.2, 0.25) is 11.8 Å². The third-order valence-corrected chi connectivity index (χ3v) is 9.10. The number of aliphatic carboxylic acids is 1. The number of hydrogen-bond donors (Lipinski definition) is 5. The number of rotatable bonds is 8. The van der Waals surface area contributed by atoms with Crippen LogP contribution in [-0.2, 0) is 20.9 Å². The zero-order chi connectivity index (χ0) is 31.8. The SMILES string of the molecule is CC1(C)S[C@@H]2[C@H](NC(=O)C(NC(=O)N(Cc3ccccc3)C(=O)c3ccc(O)c(O)c3)c3ccccc3)C(=O)N2[C@H]1C(=O)O. The van der Waals surface area contributed by atoms with Crippen LogP contribution in [0.15, 0.2) is 78.9 Å². The number of benzene rings is 3. The Hall–Kier alpha value is -5.04. The summed E-state index contributed by atoms with van der Waals surface area (Å²) in [6.07, 6.45) is 0. The fourth-order valence-electron chi connectivity index (χ4n) is 5.34. The molecule has 12 nitrogen and oxygen atoms in total. The van der Waals surface area contributed by atoms with E-state index in [0.29, 0.717) is 11.1 Å². The fourth-order valence-corrected chi connectivity index (χ4v) is 6.97. The predicted octanol–water partition coefficient (Wildman–Crippen LogP) is 2.82. The molecule has 13 heteroatoms. The number of fused-ring (bicyclic) bond motifs is 1. The molecule has 5 amide bonds. The largest absolute Gasteiger partial charge is 0.504 e. The van der Waals surface area contributed by atoms with Gasteiger partial charge in [-0.3, -0.25) is 19.3 Å². The number of hydrogen-bond acceptors (Lipinski definition) is 8. The molecule has 228 valence electrons. The van der Waals surface area contributed by atoms with Crippen LogP contribution >= 0.6 is 11.8 Å². The number of β-lactam (4-membered cyclic amide) rings is 1. The van der Waals surface area contributed by atoms with Crippen LogP contribution in [0.3, 0.4) is 0 Å². The van der Waals surface area contributed by atoms with E-state index in [1.54, 1.807) is 74.5 Å². The average Bonchev–Trinajstić information content (AvgIpc) is 3.26. The van der Waals surface area contributed by atoms with Crippen LogP contribution in [-0.4, -0.2) is 77.0 Å². The van der Waals surface area contributed by atoms with Crippen molar-refractivity contribution in [2.75, 3.05) is 0 Å². The van der Waals surface area contributed by atoms with Gasteiger partial charge in [0, 0.05) is 10.3 Å². The van der Waals surface area contributed by atoms with Crippen LogP contribution in [0.25, 0.3) is 0 Å². The lowest BCUT2D eigenvalue weighted by Gasteiger charge is -2.44. The number of carboxylic acids is 1. The number of carbonyl (C=O) groups excluding carboxylic acids is 4. The number of carboxylic acid groups (broad SMARTS) is 1. The highest BCUT2D eigenvalue weighted by atomic mass is 32.2. The molecular weight excluding hydrogens is 588 g/mol. The number of aromatic hydroxyl groups is 2. The third kappa shape index (κ3) is 5.78. The second-order valence-electron chi connectivity index (χ2n) is 11.0. The van der Waals surface area contributed by atoms with Gasteiger partial charge < -0.3 is 30.9 Å². The average molecular weight is 619 g/mol. The summed E-state index contributed by atoms with van der Waals surface area (Å²) in [7, 11) is 0. The van der Waals surface area contributed by atoms with Crippen molar-refractivity contribution in [3.8, 4) is 11.5 Å². The van der Waals surface area contributed by atoms with Gasteiger partial charge in [0.15, 0.2) is 11.5 Å². The number of imide groups is 1. The Labute approximate surface area is 256 Å². The lowest BCUT2D eigenvalue weighted by Crippen LogP contribution is -2.71. The molecule has 3 aromatic carbocycles. The summed E-state index contributed by atoms with van der Waals surface area (Å²) in [6.45, 7) is 3.26. The minimum atomic E-state index is -1.33. The van der Waals surface area contributed by atoms with E-state index in [9.17, 15) is 39.3 Å². The van der Waals surface area contributed by atoms with E-state index in [1.807, 2.05) is 0 Å². The predicted molar refractivity (Wildman–Crippen MR) is 159 cm³/mol. The first kappa shape index (κ1) is 30.4. The number of phenols is 2. The van der Waals surface area contributed by atoms with Gasteiger partial charge in [-0.15, -0.1) is 11.8 Å². The second kappa shape index (κ2) is 11.9. The van der Waals surface area contributed by atoms with Crippen molar-refractivity contribution in [3.63, 3.8) is 0 Å². The van der Waals surface area contributed by atoms with E-state index in [2.05, 4.69) is 10.6 Å². The molecule has 44 heavy (non-hydrogen) atoms. The molecule has 1 unspecified atom stereocenters. The number of nitrogens with zero attached hydrogens (tertiary/aromatic N) is 2. The molecule has 0 aliphatic carbocycles. The summed E-state index contributed by atoms with van der Waals surface area (Å²) < 4.78 is -0.792. The molecule has 2 aliphatic rings. The summed E-state index contributed by atoms with van der Waals surface area (Å²) in [5, 5.41) is 34.1. The maximum Gasteiger partial charge on any atom is 0.327 e. The molecule has 5 rings (SSSR count). The van der Waals surface area contributed by atoms with E-state index in [4.69, 9.17) is 0 Å². The first-order chi connectivity index (χ1) is 20.9. The van der Waals surface area contributed by atoms with Crippen LogP contribution in [0, 0.1) is 0 Å². The molecule has 5 N–H and O–H groups in total. The number of amides is 5. The standard InChI is InChI=1S/C31H30N4O8S/c1-31(2)24(29(41)42)35-27(40)23(28(35)44-31)32-25(38)22(18-11-7-4-8-12-18)33-30(43)34(16-17-9-5-3-6-10-17)26(39)19-13-14-20(36)21(37)15-19/h3-15,22-24,28,36-37H,16H2,1-2H3,(H,32,38)(H,33,43)(H,41,42)/t22?,23-,24+,28-/m1/s1. The highest BCUT2D eigenvalue weighted by Crippen LogP contribution is 2.50. The van der Waals surface area contributed by atoms with Gasteiger partial charge in [-0.25, -0.2) is 9.59 Å². The van der Waals surface area contributed by atoms with Crippen LogP contribution in [0.4, 0.5) is 4.79 Å². The molecule has 4 atom stereocenters. The van der Waals surface area contributed by atoms with E-state index in [0.717, 1.165) is 17.0 Å². The normalized spacial score (nSPS) is 20.5. The van der Waals surface area contributed by atoms with Gasteiger partial charge in [-0.1, -0.05) is 60.7 Å². The Morgan fingerprint density at radius 3 is 2.20 bits per heavy atom. The van der Waals surface area contributed by atoms with Crippen molar-refractivity contribution in [1.82, 2.24) is 20.4 Å². The van der Waals surface area contributed by atoms with E-state index in [-0.39, 0.29) is 12.1 Å². The Balaban J connectivity index is 1.41. The highest BCUT2D eigenvalue weighted by molar-refractivity contribution is 8.01. The fraction of sp³-hybridized carbons (Fsp3) is 0.258. The molecule has 0 bridgehead atoms. The van der Waals surface area contributed by atoms with Crippen molar-refractivity contribution in [2.45, 2.75) is 48.6 Å². The van der Waals surface area contributed by atoms with Crippen molar-refractivity contribution >= 4 is 41.5 Å². The quantitative estimate of drug-likeness (QED) is 0.188. The smallest absolute Gasteiger partial charge is 0.327 e. The summed E-state index contributed by atoms with van der Waals surface area (Å²) in [5.41, 5.74) is 0.897. The molecule has 2 aliphatic heterocycles. The first-order valence-electron chi connectivity index (χ1n) is 13.7. The van der Waals surface area contributed by atoms with Crippen molar-refractivity contribution in [1.29, 1.82) is 0 Å². The first-order valence-corrected chi connectivity index (χ1v) is 14.5. The molecule has 0 spiro atoms. The monoisotopic (exact) mass is 618 g/mol. The third-order valence-electron chi connectivity index (χ3n) is 7.53. The molecule has 2 fully saturated rings. The van der Waals surface area contributed by atoms with E-state index in [1.165, 1.54) is 22.7 Å². The number of carbonyl (C=O) groups is 5. The Bertz CT molecular complexity index is 1620. The molecule has 3 aromatic rings. The number of urea groups is 1. The van der Waals surface area contributed by atoms with Gasteiger partial charge in [0.25, 0.3) is 5.91 Å². The van der Waals surface area contributed by atoms with Gasteiger partial charge in [0.1, 0.15) is 23.5 Å². The zero-order valence-corrected chi connectivity index (χ0v) is 24.5.